The normalized spacial score (nSPS) is 10.7. The summed E-state index contributed by atoms with van der Waals surface area (Å²) in [6.45, 7) is 13.1. The van der Waals surface area contributed by atoms with Gasteiger partial charge >= 0.3 is 0 Å². The van der Waals surface area contributed by atoms with E-state index in [0.29, 0.717) is 0 Å². The van der Waals surface area contributed by atoms with Crippen molar-refractivity contribution in [1.82, 2.24) is 0 Å². The van der Waals surface area contributed by atoms with Crippen molar-refractivity contribution in [1.29, 1.82) is 0 Å². The Morgan fingerprint density at radius 3 is 2.40 bits per heavy atom. The zero-order chi connectivity index (χ0) is 7.98. The van der Waals surface area contributed by atoms with E-state index in [0.717, 1.165) is 12.0 Å². The van der Waals surface area contributed by atoms with Crippen LogP contribution in [0, 0.1) is 0 Å². The van der Waals surface area contributed by atoms with Crippen LogP contribution >= 0.6 is 0 Å². The third-order valence-corrected chi connectivity index (χ3v) is 1.20. The molecule has 0 spiro atoms. The highest BCUT2D eigenvalue weighted by molar-refractivity contribution is 5.21. The van der Waals surface area contributed by atoms with Crippen molar-refractivity contribution < 1.29 is 0 Å². The first-order valence-electron chi connectivity index (χ1n) is 3.29. The van der Waals surface area contributed by atoms with Gasteiger partial charge in [0.2, 0.25) is 0 Å². The average Bonchev–Trinajstić information content (AvgIpc) is 1.88. The van der Waals surface area contributed by atoms with Crippen molar-refractivity contribution in [3.05, 3.63) is 49.1 Å². The lowest BCUT2D eigenvalue weighted by atomic mass is 10.1. The minimum absolute atomic E-state index is 0.898. The van der Waals surface area contributed by atoms with E-state index in [-0.39, 0.29) is 0 Å². The summed E-state index contributed by atoms with van der Waals surface area (Å²) in [7, 11) is 0. The van der Waals surface area contributed by atoms with Gasteiger partial charge in [0.15, 0.2) is 0 Å². The Morgan fingerprint density at radius 1 is 1.40 bits per heavy atom. The van der Waals surface area contributed by atoms with Crippen molar-refractivity contribution in [2.75, 3.05) is 0 Å². The predicted octanol–water partition coefficient (Wildman–Crippen LogP) is 3.25. The van der Waals surface area contributed by atoms with E-state index in [1.165, 1.54) is 5.57 Å². The van der Waals surface area contributed by atoms with Crippen LogP contribution in [0.2, 0.25) is 0 Å². The molecular formula is C10H14. The number of rotatable bonds is 4. The highest BCUT2D eigenvalue weighted by Crippen LogP contribution is 2.08. The highest BCUT2D eigenvalue weighted by atomic mass is 13.9. The van der Waals surface area contributed by atoms with Crippen molar-refractivity contribution in [3.63, 3.8) is 0 Å². The molecule has 54 valence electrons. The molecule has 0 aromatic rings. The van der Waals surface area contributed by atoms with Gasteiger partial charge in [-0.2, -0.15) is 0 Å². The summed E-state index contributed by atoms with van der Waals surface area (Å²) < 4.78 is 0. The second kappa shape index (κ2) is 4.80. The van der Waals surface area contributed by atoms with Gasteiger partial charge in [-0.1, -0.05) is 49.1 Å². The minimum atomic E-state index is 0.898. The number of allylic oxidation sites excluding steroid dienone is 5. The maximum atomic E-state index is 3.80. The van der Waals surface area contributed by atoms with Crippen LogP contribution in [0.3, 0.4) is 0 Å². The molecule has 0 aliphatic carbocycles. The van der Waals surface area contributed by atoms with Gasteiger partial charge in [-0.25, -0.2) is 0 Å². The van der Waals surface area contributed by atoms with Gasteiger partial charge in [0, 0.05) is 0 Å². The molecule has 10 heavy (non-hydrogen) atoms. The maximum absolute atomic E-state index is 3.80. The molecule has 0 N–H and O–H groups in total. The van der Waals surface area contributed by atoms with Crippen LogP contribution in [0.15, 0.2) is 49.1 Å². The molecule has 0 aliphatic heterocycles. The van der Waals surface area contributed by atoms with Crippen LogP contribution in [-0.2, 0) is 0 Å². The van der Waals surface area contributed by atoms with E-state index in [4.69, 9.17) is 0 Å². The third kappa shape index (κ3) is 3.90. The topological polar surface area (TPSA) is 0 Å². The van der Waals surface area contributed by atoms with Crippen molar-refractivity contribution in [2.45, 2.75) is 13.3 Å². The zero-order valence-corrected chi connectivity index (χ0v) is 6.56. The van der Waals surface area contributed by atoms with E-state index < -0.39 is 0 Å². The third-order valence-electron chi connectivity index (χ3n) is 1.20. The molecule has 0 aromatic heterocycles. The van der Waals surface area contributed by atoms with Gasteiger partial charge in [-0.3, -0.25) is 0 Å². The first-order chi connectivity index (χ1) is 4.70. The first-order valence-corrected chi connectivity index (χ1v) is 3.29. The monoisotopic (exact) mass is 134 g/mol. The zero-order valence-electron chi connectivity index (χ0n) is 6.56. The summed E-state index contributed by atoms with van der Waals surface area (Å²) in [5.41, 5.74) is 2.32. The first kappa shape index (κ1) is 8.96. The molecule has 0 aromatic carbocycles. The summed E-state index contributed by atoms with van der Waals surface area (Å²) in [6.07, 6.45) is 6.44. The van der Waals surface area contributed by atoms with E-state index >= 15 is 0 Å². The Morgan fingerprint density at radius 2 is 2.00 bits per heavy atom. The van der Waals surface area contributed by atoms with Crippen LogP contribution in [0.4, 0.5) is 0 Å². The standard InChI is InChI=1S/C10H14/c1-5-7-10(4)8-9(3)6-2/h5-7H,1-3,8H2,4H3/b10-7+. The Kier molecular flexibility index (Phi) is 4.30. The number of hydrogen-bond acceptors (Lipinski definition) is 0. The second-order valence-electron chi connectivity index (χ2n) is 2.29. The second-order valence-corrected chi connectivity index (χ2v) is 2.29. The molecule has 0 bridgehead atoms. The quantitative estimate of drug-likeness (QED) is 0.518. The Hall–Kier alpha value is -1.04. The Balaban J connectivity index is 3.89. The predicted molar refractivity (Wildman–Crippen MR) is 47.9 cm³/mol. The molecule has 0 atom stereocenters. The fourth-order valence-corrected chi connectivity index (χ4v) is 0.690. The molecule has 0 amide bonds. The van der Waals surface area contributed by atoms with Crippen LogP contribution in [0.25, 0.3) is 0 Å². The SMILES string of the molecule is C=C/C=C(\C)CC(=C)C=C. The molecule has 0 saturated heterocycles. The van der Waals surface area contributed by atoms with Crippen LogP contribution in [0.1, 0.15) is 13.3 Å². The van der Waals surface area contributed by atoms with E-state index in [2.05, 4.69) is 26.7 Å². The van der Waals surface area contributed by atoms with Crippen molar-refractivity contribution >= 4 is 0 Å². The molecule has 0 rings (SSSR count). The highest BCUT2D eigenvalue weighted by Gasteiger charge is 1.88. The lowest BCUT2D eigenvalue weighted by molar-refractivity contribution is 1.16. The molecular weight excluding hydrogens is 120 g/mol. The average molecular weight is 134 g/mol. The van der Waals surface area contributed by atoms with Gasteiger partial charge in [0.05, 0.1) is 0 Å². The molecule has 0 fully saturated rings. The lowest BCUT2D eigenvalue weighted by Gasteiger charge is -1.97. The molecule has 0 radical (unpaired) electrons. The summed E-state index contributed by atoms with van der Waals surface area (Å²) >= 11 is 0. The van der Waals surface area contributed by atoms with Gasteiger partial charge < -0.3 is 0 Å². The minimum Gasteiger partial charge on any atom is -0.0991 e. The fourth-order valence-electron chi connectivity index (χ4n) is 0.690. The molecule has 0 aliphatic rings. The molecule has 0 unspecified atom stereocenters. The van der Waals surface area contributed by atoms with Crippen molar-refractivity contribution in [3.8, 4) is 0 Å². The van der Waals surface area contributed by atoms with E-state index in [9.17, 15) is 0 Å². The number of hydrogen-bond donors (Lipinski definition) is 0. The Labute approximate surface area is 63.3 Å². The summed E-state index contributed by atoms with van der Waals surface area (Å²) in [6, 6.07) is 0. The lowest BCUT2D eigenvalue weighted by Crippen LogP contribution is -1.77. The molecule has 0 heterocycles. The smallest absolute Gasteiger partial charge is 0.00728 e. The van der Waals surface area contributed by atoms with Crippen molar-refractivity contribution in [2.24, 2.45) is 0 Å². The van der Waals surface area contributed by atoms with Gasteiger partial charge in [0.1, 0.15) is 0 Å². The van der Waals surface area contributed by atoms with Crippen LogP contribution in [-0.4, -0.2) is 0 Å². The van der Waals surface area contributed by atoms with Gasteiger partial charge in [0.25, 0.3) is 0 Å². The summed E-state index contributed by atoms with van der Waals surface area (Å²) in [4.78, 5) is 0. The van der Waals surface area contributed by atoms with E-state index in [1.807, 2.05) is 6.08 Å². The van der Waals surface area contributed by atoms with E-state index in [1.54, 1.807) is 12.2 Å². The van der Waals surface area contributed by atoms with Crippen LogP contribution in [0.5, 0.6) is 0 Å². The molecule has 0 nitrogen and oxygen atoms in total. The molecule has 0 heteroatoms. The largest absolute Gasteiger partial charge is 0.0991 e. The van der Waals surface area contributed by atoms with Crippen LogP contribution < -0.4 is 0 Å². The maximum Gasteiger partial charge on any atom is -0.00728 e. The van der Waals surface area contributed by atoms with Gasteiger partial charge in [-0.15, -0.1) is 0 Å². The summed E-state index contributed by atoms with van der Waals surface area (Å²) in [5.74, 6) is 0. The fraction of sp³-hybridized carbons (Fsp3) is 0.200. The molecule has 0 saturated carbocycles. The Bertz CT molecular complexity index is 170. The summed E-state index contributed by atoms with van der Waals surface area (Å²) in [5, 5.41) is 0. The van der Waals surface area contributed by atoms with Gasteiger partial charge in [-0.05, 0) is 13.3 Å².